The Kier molecular flexibility index (Phi) is 5.79. The van der Waals surface area contributed by atoms with Crippen LogP contribution in [0.4, 0.5) is 0 Å². The molecule has 0 atom stereocenters. The highest BCUT2D eigenvalue weighted by Gasteiger charge is 2.01. The third kappa shape index (κ3) is 4.62. The van der Waals surface area contributed by atoms with E-state index < -0.39 is 0 Å². The number of benzene rings is 2. The average molecular weight is 273 g/mol. The standard InChI is InChI=1S/C16H19NOS/c17-11-10-14-6-4-5-9-16(14)18-12-13-19-15-7-2-1-3-8-15/h1-9H,10-13,17H2. The Balaban J connectivity index is 1.79. The Hall–Kier alpha value is -1.45. The molecule has 0 aliphatic rings. The van der Waals surface area contributed by atoms with E-state index in [2.05, 4.69) is 30.3 Å². The smallest absolute Gasteiger partial charge is 0.122 e. The van der Waals surface area contributed by atoms with Crippen molar-refractivity contribution in [2.24, 2.45) is 5.73 Å². The second-order valence-electron chi connectivity index (χ2n) is 4.16. The highest BCUT2D eigenvalue weighted by atomic mass is 32.2. The third-order valence-corrected chi connectivity index (χ3v) is 3.72. The van der Waals surface area contributed by atoms with E-state index in [1.54, 1.807) is 0 Å². The molecule has 2 aromatic rings. The predicted molar refractivity (Wildman–Crippen MR) is 81.9 cm³/mol. The van der Waals surface area contributed by atoms with Crippen LogP contribution in [-0.4, -0.2) is 18.9 Å². The summed E-state index contributed by atoms with van der Waals surface area (Å²) >= 11 is 1.81. The first-order chi connectivity index (χ1) is 9.40. The highest BCUT2D eigenvalue weighted by Crippen LogP contribution is 2.20. The van der Waals surface area contributed by atoms with Crippen molar-refractivity contribution >= 4 is 11.8 Å². The van der Waals surface area contributed by atoms with E-state index >= 15 is 0 Å². The van der Waals surface area contributed by atoms with Crippen LogP contribution in [-0.2, 0) is 6.42 Å². The molecule has 0 heterocycles. The van der Waals surface area contributed by atoms with Crippen LogP contribution in [0.25, 0.3) is 0 Å². The molecule has 0 spiro atoms. The summed E-state index contributed by atoms with van der Waals surface area (Å²) in [6, 6.07) is 18.5. The summed E-state index contributed by atoms with van der Waals surface area (Å²) in [5.74, 6) is 1.91. The van der Waals surface area contributed by atoms with Gasteiger partial charge >= 0.3 is 0 Å². The number of ether oxygens (including phenoxy) is 1. The lowest BCUT2D eigenvalue weighted by atomic mass is 10.1. The molecule has 2 aromatic carbocycles. The van der Waals surface area contributed by atoms with Crippen LogP contribution in [0.1, 0.15) is 5.56 Å². The lowest BCUT2D eigenvalue weighted by Crippen LogP contribution is -2.06. The fourth-order valence-corrected chi connectivity index (χ4v) is 2.59. The van der Waals surface area contributed by atoms with Gasteiger partial charge in [0.15, 0.2) is 0 Å². The zero-order chi connectivity index (χ0) is 13.3. The SMILES string of the molecule is NCCc1ccccc1OCCSc1ccccc1. The van der Waals surface area contributed by atoms with E-state index in [9.17, 15) is 0 Å². The topological polar surface area (TPSA) is 35.2 Å². The van der Waals surface area contributed by atoms with Gasteiger partial charge in [-0.15, -0.1) is 11.8 Å². The summed E-state index contributed by atoms with van der Waals surface area (Å²) in [5, 5.41) is 0. The maximum Gasteiger partial charge on any atom is 0.122 e. The number of thioether (sulfide) groups is 1. The second-order valence-corrected chi connectivity index (χ2v) is 5.32. The number of rotatable bonds is 7. The van der Waals surface area contributed by atoms with Crippen molar-refractivity contribution in [3.8, 4) is 5.75 Å². The van der Waals surface area contributed by atoms with Crippen LogP contribution in [0.3, 0.4) is 0 Å². The molecule has 0 unspecified atom stereocenters. The first-order valence-electron chi connectivity index (χ1n) is 6.49. The fourth-order valence-electron chi connectivity index (χ4n) is 1.83. The first-order valence-corrected chi connectivity index (χ1v) is 7.47. The van der Waals surface area contributed by atoms with Crippen LogP contribution >= 0.6 is 11.8 Å². The fraction of sp³-hybridized carbons (Fsp3) is 0.250. The van der Waals surface area contributed by atoms with Crippen molar-refractivity contribution in [3.63, 3.8) is 0 Å². The molecule has 100 valence electrons. The van der Waals surface area contributed by atoms with Gasteiger partial charge in [-0.3, -0.25) is 0 Å². The molecular weight excluding hydrogens is 254 g/mol. The molecule has 0 aromatic heterocycles. The van der Waals surface area contributed by atoms with Gasteiger partial charge in [-0.1, -0.05) is 36.4 Å². The predicted octanol–water partition coefficient (Wildman–Crippen LogP) is 3.36. The minimum atomic E-state index is 0.652. The quantitative estimate of drug-likeness (QED) is 0.620. The minimum absolute atomic E-state index is 0.652. The van der Waals surface area contributed by atoms with Crippen molar-refractivity contribution < 1.29 is 4.74 Å². The molecular formula is C16H19NOS. The Morgan fingerprint density at radius 1 is 0.947 bits per heavy atom. The molecule has 19 heavy (non-hydrogen) atoms. The summed E-state index contributed by atoms with van der Waals surface area (Å²) < 4.78 is 5.84. The Morgan fingerprint density at radius 2 is 1.68 bits per heavy atom. The molecule has 0 saturated carbocycles. The molecule has 2 rings (SSSR count). The van der Waals surface area contributed by atoms with E-state index in [-0.39, 0.29) is 0 Å². The van der Waals surface area contributed by atoms with Gasteiger partial charge in [0.1, 0.15) is 5.75 Å². The van der Waals surface area contributed by atoms with Gasteiger partial charge in [-0.25, -0.2) is 0 Å². The molecule has 0 aliphatic carbocycles. The molecule has 2 nitrogen and oxygen atoms in total. The van der Waals surface area contributed by atoms with Gasteiger partial charge in [-0.05, 0) is 36.7 Å². The van der Waals surface area contributed by atoms with Crippen molar-refractivity contribution in [3.05, 3.63) is 60.2 Å². The Labute approximate surface area is 119 Å². The maximum absolute atomic E-state index is 5.84. The van der Waals surface area contributed by atoms with Crippen molar-refractivity contribution in [2.75, 3.05) is 18.9 Å². The average Bonchev–Trinajstić information content (AvgIpc) is 2.47. The summed E-state index contributed by atoms with van der Waals surface area (Å²) in [7, 11) is 0. The lowest BCUT2D eigenvalue weighted by molar-refractivity contribution is 0.340. The van der Waals surface area contributed by atoms with Crippen LogP contribution in [0, 0.1) is 0 Å². The summed E-state index contributed by atoms with van der Waals surface area (Å²) in [6.07, 6.45) is 0.863. The number of nitrogens with two attached hydrogens (primary N) is 1. The van der Waals surface area contributed by atoms with Gasteiger partial charge in [0, 0.05) is 10.6 Å². The molecule has 0 amide bonds. The maximum atomic E-state index is 5.84. The highest BCUT2D eigenvalue weighted by molar-refractivity contribution is 7.99. The molecule has 0 aliphatic heterocycles. The Morgan fingerprint density at radius 3 is 2.47 bits per heavy atom. The van der Waals surface area contributed by atoms with E-state index in [0.29, 0.717) is 13.2 Å². The number of hydrogen-bond acceptors (Lipinski definition) is 3. The zero-order valence-electron chi connectivity index (χ0n) is 10.9. The van der Waals surface area contributed by atoms with Crippen molar-refractivity contribution in [1.29, 1.82) is 0 Å². The largest absolute Gasteiger partial charge is 0.492 e. The number of hydrogen-bond donors (Lipinski definition) is 1. The molecule has 2 N–H and O–H groups in total. The summed E-state index contributed by atoms with van der Waals surface area (Å²) in [5.41, 5.74) is 6.79. The lowest BCUT2D eigenvalue weighted by Gasteiger charge is -2.10. The van der Waals surface area contributed by atoms with Crippen molar-refractivity contribution in [2.45, 2.75) is 11.3 Å². The first kappa shape index (κ1) is 14.0. The summed E-state index contributed by atoms with van der Waals surface area (Å²) in [4.78, 5) is 1.28. The van der Waals surface area contributed by atoms with Crippen molar-refractivity contribution in [1.82, 2.24) is 0 Å². The van der Waals surface area contributed by atoms with Crippen LogP contribution in [0.2, 0.25) is 0 Å². The molecule has 0 saturated heterocycles. The van der Waals surface area contributed by atoms with E-state index in [1.165, 1.54) is 10.5 Å². The minimum Gasteiger partial charge on any atom is -0.492 e. The molecule has 0 fully saturated rings. The van der Waals surface area contributed by atoms with Crippen LogP contribution < -0.4 is 10.5 Å². The normalized spacial score (nSPS) is 10.4. The van der Waals surface area contributed by atoms with E-state index in [1.807, 2.05) is 36.0 Å². The molecule has 3 heteroatoms. The van der Waals surface area contributed by atoms with Gasteiger partial charge in [0.05, 0.1) is 6.61 Å². The monoisotopic (exact) mass is 273 g/mol. The summed E-state index contributed by atoms with van der Waals surface area (Å²) in [6.45, 7) is 1.36. The zero-order valence-corrected chi connectivity index (χ0v) is 11.7. The van der Waals surface area contributed by atoms with Gasteiger partial charge in [0.25, 0.3) is 0 Å². The van der Waals surface area contributed by atoms with Gasteiger partial charge in [0.2, 0.25) is 0 Å². The van der Waals surface area contributed by atoms with Crippen LogP contribution in [0.5, 0.6) is 5.75 Å². The molecule has 0 radical (unpaired) electrons. The van der Waals surface area contributed by atoms with Crippen LogP contribution in [0.15, 0.2) is 59.5 Å². The van der Waals surface area contributed by atoms with Gasteiger partial charge in [-0.2, -0.15) is 0 Å². The number of para-hydroxylation sites is 1. The van der Waals surface area contributed by atoms with E-state index in [4.69, 9.17) is 10.5 Å². The van der Waals surface area contributed by atoms with Gasteiger partial charge < -0.3 is 10.5 Å². The van der Waals surface area contributed by atoms with E-state index in [0.717, 1.165) is 17.9 Å². The molecule has 0 bridgehead atoms. The Bertz CT molecular complexity index is 487. The second kappa shape index (κ2) is 7.87. The third-order valence-electron chi connectivity index (χ3n) is 2.74.